The predicted octanol–water partition coefficient (Wildman–Crippen LogP) is 3.58. The maximum absolute atomic E-state index is 12.8. The Labute approximate surface area is 178 Å². The standard InChI is InChI=1S/C22H21N5O4/c1-15-18(22(29)25-11-2-3-12-25)8-5-9-19(15)23-21(28)20-10-13-26(24-20)16-6-4-7-17(14-16)27(30)31/h4-10,13-14H,2-3,11-12H2,1H3,(H,23,28). The van der Waals surface area contributed by atoms with Crippen molar-refractivity contribution in [2.45, 2.75) is 19.8 Å². The Morgan fingerprint density at radius 2 is 1.84 bits per heavy atom. The number of anilines is 1. The van der Waals surface area contributed by atoms with Gasteiger partial charge in [0.05, 0.1) is 10.6 Å². The van der Waals surface area contributed by atoms with E-state index in [1.807, 2.05) is 4.90 Å². The van der Waals surface area contributed by atoms with Gasteiger partial charge in [0, 0.05) is 42.7 Å². The van der Waals surface area contributed by atoms with E-state index in [-0.39, 0.29) is 17.3 Å². The molecule has 1 aliphatic rings. The number of likely N-dealkylation sites (tertiary alicyclic amines) is 1. The van der Waals surface area contributed by atoms with Gasteiger partial charge in [-0.15, -0.1) is 0 Å². The van der Waals surface area contributed by atoms with Crippen LogP contribution < -0.4 is 5.32 Å². The molecule has 1 saturated heterocycles. The van der Waals surface area contributed by atoms with Crippen molar-refractivity contribution in [1.82, 2.24) is 14.7 Å². The quantitative estimate of drug-likeness (QED) is 0.502. The molecule has 1 fully saturated rings. The molecule has 0 atom stereocenters. The number of amides is 2. The number of carbonyl (C=O) groups is 2. The number of carbonyl (C=O) groups excluding carboxylic acids is 2. The Kier molecular flexibility index (Phi) is 5.48. The van der Waals surface area contributed by atoms with Crippen LogP contribution in [0.1, 0.15) is 39.3 Å². The lowest BCUT2D eigenvalue weighted by Gasteiger charge is -2.18. The molecule has 1 aliphatic heterocycles. The van der Waals surface area contributed by atoms with E-state index < -0.39 is 10.8 Å². The van der Waals surface area contributed by atoms with E-state index in [0.29, 0.717) is 22.5 Å². The second-order valence-electron chi connectivity index (χ2n) is 7.35. The second kappa shape index (κ2) is 8.39. The number of aromatic nitrogens is 2. The van der Waals surface area contributed by atoms with Gasteiger partial charge < -0.3 is 10.2 Å². The van der Waals surface area contributed by atoms with Crippen LogP contribution in [0.5, 0.6) is 0 Å². The average molecular weight is 419 g/mol. The lowest BCUT2D eigenvalue weighted by molar-refractivity contribution is -0.384. The molecule has 0 bridgehead atoms. The summed E-state index contributed by atoms with van der Waals surface area (Å²) >= 11 is 0. The highest BCUT2D eigenvalue weighted by atomic mass is 16.6. The average Bonchev–Trinajstić information content (AvgIpc) is 3.47. The molecule has 0 unspecified atom stereocenters. The molecule has 2 heterocycles. The fraction of sp³-hybridized carbons (Fsp3) is 0.227. The number of nitro groups is 1. The van der Waals surface area contributed by atoms with Crippen molar-refractivity contribution < 1.29 is 14.5 Å². The van der Waals surface area contributed by atoms with Gasteiger partial charge in [-0.05, 0) is 49.6 Å². The Morgan fingerprint density at radius 1 is 1.10 bits per heavy atom. The molecule has 1 aromatic heterocycles. The van der Waals surface area contributed by atoms with Crippen molar-refractivity contribution in [1.29, 1.82) is 0 Å². The third kappa shape index (κ3) is 4.16. The van der Waals surface area contributed by atoms with Crippen LogP contribution >= 0.6 is 0 Å². The van der Waals surface area contributed by atoms with Crippen LogP contribution in [0.15, 0.2) is 54.7 Å². The fourth-order valence-corrected chi connectivity index (χ4v) is 3.62. The normalized spacial score (nSPS) is 13.3. The molecule has 3 aromatic rings. The number of nitrogens with zero attached hydrogens (tertiary/aromatic N) is 4. The molecular formula is C22H21N5O4. The molecule has 0 spiro atoms. The lowest BCUT2D eigenvalue weighted by atomic mass is 10.1. The first-order valence-electron chi connectivity index (χ1n) is 9.95. The first-order chi connectivity index (χ1) is 14.9. The number of rotatable bonds is 5. The molecule has 2 aromatic carbocycles. The van der Waals surface area contributed by atoms with Gasteiger partial charge in [0.1, 0.15) is 0 Å². The molecule has 158 valence electrons. The third-order valence-electron chi connectivity index (χ3n) is 5.33. The molecule has 1 N–H and O–H groups in total. The molecule has 0 saturated carbocycles. The van der Waals surface area contributed by atoms with Crippen LogP contribution in [-0.4, -0.2) is 44.5 Å². The monoisotopic (exact) mass is 419 g/mol. The topological polar surface area (TPSA) is 110 Å². The van der Waals surface area contributed by atoms with E-state index in [9.17, 15) is 19.7 Å². The number of hydrogen-bond donors (Lipinski definition) is 1. The lowest BCUT2D eigenvalue weighted by Crippen LogP contribution is -2.28. The summed E-state index contributed by atoms with van der Waals surface area (Å²) in [6, 6.07) is 12.8. The Bertz CT molecular complexity index is 1160. The van der Waals surface area contributed by atoms with Crippen LogP contribution in [0.25, 0.3) is 5.69 Å². The minimum atomic E-state index is -0.486. The zero-order chi connectivity index (χ0) is 22.0. The van der Waals surface area contributed by atoms with E-state index in [1.54, 1.807) is 43.5 Å². The van der Waals surface area contributed by atoms with Crippen molar-refractivity contribution in [3.63, 3.8) is 0 Å². The van der Waals surface area contributed by atoms with E-state index in [4.69, 9.17) is 0 Å². The van der Waals surface area contributed by atoms with Gasteiger partial charge in [-0.25, -0.2) is 4.68 Å². The van der Waals surface area contributed by atoms with Crippen LogP contribution in [0.2, 0.25) is 0 Å². The maximum Gasteiger partial charge on any atom is 0.276 e. The zero-order valence-corrected chi connectivity index (χ0v) is 16.9. The van der Waals surface area contributed by atoms with E-state index >= 15 is 0 Å². The van der Waals surface area contributed by atoms with Crippen molar-refractivity contribution in [2.75, 3.05) is 18.4 Å². The largest absolute Gasteiger partial charge is 0.339 e. The van der Waals surface area contributed by atoms with Gasteiger partial charge in [0.25, 0.3) is 17.5 Å². The first-order valence-corrected chi connectivity index (χ1v) is 9.95. The summed E-state index contributed by atoms with van der Waals surface area (Å²) in [7, 11) is 0. The molecule has 31 heavy (non-hydrogen) atoms. The van der Waals surface area contributed by atoms with Gasteiger partial charge in [-0.1, -0.05) is 12.1 Å². The number of nitrogens with one attached hydrogen (secondary N) is 1. The molecular weight excluding hydrogens is 398 g/mol. The van der Waals surface area contributed by atoms with Gasteiger partial charge in [0.2, 0.25) is 0 Å². The highest BCUT2D eigenvalue weighted by Crippen LogP contribution is 2.23. The molecule has 9 heteroatoms. The summed E-state index contributed by atoms with van der Waals surface area (Å²) in [5.41, 5.74) is 2.38. The minimum absolute atomic E-state index is 0.0268. The first kappa shape index (κ1) is 20.3. The molecule has 0 aliphatic carbocycles. The SMILES string of the molecule is Cc1c(NC(=O)c2ccn(-c3cccc([N+](=O)[O-])c3)n2)cccc1C(=O)N1CCCC1. The van der Waals surface area contributed by atoms with Gasteiger partial charge in [0.15, 0.2) is 5.69 Å². The van der Waals surface area contributed by atoms with E-state index in [1.165, 1.54) is 22.9 Å². The number of hydrogen-bond acceptors (Lipinski definition) is 5. The molecule has 4 rings (SSSR count). The van der Waals surface area contributed by atoms with Crippen LogP contribution in [0.3, 0.4) is 0 Å². The zero-order valence-electron chi connectivity index (χ0n) is 16.9. The molecule has 0 radical (unpaired) electrons. The Morgan fingerprint density at radius 3 is 2.58 bits per heavy atom. The highest BCUT2D eigenvalue weighted by molar-refractivity contribution is 6.05. The molecule has 2 amide bonds. The number of benzene rings is 2. The highest BCUT2D eigenvalue weighted by Gasteiger charge is 2.22. The summed E-state index contributed by atoms with van der Waals surface area (Å²) in [5.74, 6) is -0.459. The van der Waals surface area contributed by atoms with Gasteiger partial charge >= 0.3 is 0 Å². The third-order valence-corrected chi connectivity index (χ3v) is 5.33. The van der Waals surface area contributed by atoms with E-state index in [0.717, 1.165) is 25.9 Å². The summed E-state index contributed by atoms with van der Waals surface area (Å²) in [5, 5.41) is 18.0. The van der Waals surface area contributed by atoms with Crippen molar-refractivity contribution in [2.24, 2.45) is 0 Å². The number of non-ortho nitro benzene ring substituents is 1. The maximum atomic E-state index is 12.8. The smallest absolute Gasteiger partial charge is 0.276 e. The molecule has 9 nitrogen and oxygen atoms in total. The fourth-order valence-electron chi connectivity index (χ4n) is 3.62. The summed E-state index contributed by atoms with van der Waals surface area (Å²) < 4.78 is 1.40. The minimum Gasteiger partial charge on any atom is -0.339 e. The number of nitro benzene ring substituents is 1. The van der Waals surface area contributed by atoms with E-state index in [2.05, 4.69) is 10.4 Å². The van der Waals surface area contributed by atoms with Crippen molar-refractivity contribution >= 4 is 23.2 Å². The van der Waals surface area contributed by atoms with Crippen LogP contribution in [-0.2, 0) is 0 Å². The van der Waals surface area contributed by atoms with Crippen LogP contribution in [0, 0.1) is 17.0 Å². The van der Waals surface area contributed by atoms with Gasteiger partial charge in [-0.3, -0.25) is 19.7 Å². The Balaban J connectivity index is 1.53. The van der Waals surface area contributed by atoms with Crippen LogP contribution in [0.4, 0.5) is 11.4 Å². The van der Waals surface area contributed by atoms with Gasteiger partial charge in [-0.2, -0.15) is 5.10 Å². The summed E-state index contributed by atoms with van der Waals surface area (Å²) in [4.78, 5) is 37.8. The Hall–Kier alpha value is -4.01. The predicted molar refractivity (Wildman–Crippen MR) is 114 cm³/mol. The second-order valence-corrected chi connectivity index (χ2v) is 7.35. The van der Waals surface area contributed by atoms with Crippen molar-refractivity contribution in [3.8, 4) is 5.69 Å². The summed E-state index contributed by atoms with van der Waals surface area (Å²) in [6.45, 7) is 3.31. The van der Waals surface area contributed by atoms with Crippen molar-refractivity contribution in [3.05, 3.63) is 81.7 Å². The summed E-state index contributed by atoms with van der Waals surface area (Å²) in [6.07, 6.45) is 3.58.